The number of amides is 2. The number of hydrazine groups is 1. The molecule has 1 heterocycles. The molecule has 1 saturated heterocycles. The van der Waals surface area contributed by atoms with Crippen molar-refractivity contribution >= 4 is 38.2 Å². The second-order valence-electron chi connectivity index (χ2n) is 3.46. The summed E-state index contributed by atoms with van der Waals surface area (Å²) in [6.07, 6.45) is 0. The van der Waals surface area contributed by atoms with Gasteiger partial charge in [0, 0.05) is 0 Å². The van der Waals surface area contributed by atoms with Crippen molar-refractivity contribution in [1.82, 2.24) is 5.43 Å². The minimum Gasteiger partial charge on any atom is -0.272 e. The third-order valence-corrected chi connectivity index (χ3v) is 2.74. The average molecular weight is 216 g/mol. The molecule has 1 atom stereocenters. The van der Waals surface area contributed by atoms with Gasteiger partial charge >= 0.3 is 0 Å². The number of hydrogen-bond donors (Lipinski definition) is 1. The Balaban J connectivity index is 2.29. The van der Waals surface area contributed by atoms with E-state index in [4.69, 9.17) is 0 Å². The number of carbonyl (C=O) groups excluding carboxylic acids is 2. The van der Waals surface area contributed by atoms with Crippen molar-refractivity contribution in [2.45, 2.75) is 6.92 Å². The van der Waals surface area contributed by atoms with Crippen molar-refractivity contribution in [3.8, 4) is 0 Å². The van der Waals surface area contributed by atoms with Gasteiger partial charge < -0.3 is 0 Å². The molecule has 1 aliphatic heterocycles. The van der Waals surface area contributed by atoms with E-state index in [-0.39, 0.29) is 11.8 Å². The molecule has 74 valence electrons. The molecule has 2 amide bonds. The highest BCUT2D eigenvalue weighted by atomic mass is 27.0. The highest BCUT2D eigenvalue weighted by molar-refractivity contribution is 6.32. The number of carbonyl (C=O) groups is 2. The van der Waals surface area contributed by atoms with Gasteiger partial charge in [0.05, 0.1) is 5.69 Å². The topological polar surface area (TPSA) is 49.4 Å². The van der Waals surface area contributed by atoms with Gasteiger partial charge in [0.25, 0.3) is 11.8 Å². The van der Waals surface area contributed by atoms with Gasteiger partial charge in [-0.1, -0.05) is 12.1 Å². The van der Waals surface area contributed by atoms with Crippen molar-refractivity contribution in [1.29, 1.82) is 0 Å². The maximum atomic E-state index is 11.6. The van der Waals surface area contributed by atoms with Crippen LogP contribution in [-0.4, -0.2) is 28.1 Å². The van der Waals surface area contributed by atoms with Gasteiger partial charge in [-0.25, -0.2) is 5.01 Å². The fourth-order valence-corrected chi connectivity index (χ4v) is 1.58. The van der Waals surface area contributed by atoms with Crippen molar-refractivity contribution in [2.75, 3.05) is 5.01 Å². The molecule has 1 N–H and O–H groups in total. The average Bonchev–Trinajstić information content (AvgIpc) is 2.47. The van der Waals surface area contributed by atoms with Gasteiger partial charge in [-0.2, -0.15) is 0 Å². The number of anilines is 1. The monoisotopic (exact) mass is 216 g/mol. The normalized spacial score (nSPS) is 20.6. The first-order valence-corrected chi connectivity index (χ1v) is 5.17. The second-order valence-corrected chi connectivity index (χ2v) is 4.13. The predicted molar refractivity (Wildman–Crippen MR) is 56.6 cm³/mol. The van der Waals surface area contributed by atoms with Gasteiger partial charge in [-0.05, 0) is 19.1 Å². The molecular weight excluding hydrogens is 207 g/mol. The molecule has 1 aromatic rings. The molecule has 4 nitrogen and oxygen atoms in total. The van der Waals surface area contributed by atoms with Crippen LogP contribution in [0.5, 0.6) is 0 Å². The number of rotatable bonds is 1. The molecule has 1 fully saturated rings. The van der Waals surface area contributed by atoms with E-state index in [1.165, 1.54) is 5.01 Å². The molecule has 2 radical (unpaired) electrons. The highest BCUT2D eigenvalue weighted by Gasteiger charge is 2.36. The van der Waals surface area contributed by atoms with Crippen LogP contribution < -0.4 is 14.9 Å². The van der Waals surface area contributed by atoms with Crippen LogP contribution in [0.25, 0.3) is 0 Å². The lowest BCUT2D eigenvalue weighted by Crippen LogP contribution is -2.35. The molecule has 2 rings (SSSR count). The van der Waals surface area contributed by atoms with Crippen LogP contribution in [0, 0.1) is 5.92 Å². The van der Waals surface area contributed by atoms with Crippen molar-refractivity contribution in [3.63, 3.8) is 0 Å². The third-order valence-electron chi connectivity index (χ3n) is 2.36. The Labute approximate surface area is 95.7 Å². The Hall–Kier alpha value is -1.31. The van der Waals surface area contributed by atoms with E-state index < -0.39 is 5.92 Å². The molecule has 15 heavy (non-hydrogen) atoms. The van der Waals surface area contributed by atoms with Crippen LogP contribution in [0.1, 0.15) is 6.92 Å². The molecule has 1 unspecified atom stereocenters. The van der Waals surface area contributed by atoms with E-state index in [9.17, 15) is 9.59 Å². The quantitative estimate of drug-likeness (QED) is 0.508. The SMILES string of the molecule is CC1C(=O)NN(c2cc[c]([Al])cc2)C1=O. The smallest absolute Gasteiger partial charge is 0.258 e. The Morgan fingerprint density at radius 3 is 2.33 bits per heavy atom. The maximum Gasteiger partial charge on any atom is 0.258 e. The zero-order valence-corrected chi connectivity index (χ0v) is 9.38. The fraction of sp³-hybridized carbons (Fsp3) is 0.200. The van der Waals surface area contributed by atoms with Gasteiger partial charge in [0.2, 0.25) is 0 Å². The van der Waals surface area contributed by atoms with E-state index in [1.807, 2.05) is 12.1 Å². The molecule has 0 spiro atoms. The van der Waals surface area contributed by atoms with Gasteiger partial charge in [-0.3, -0.25) is 15.0 Å². The van der Waals surface area contributed by atoms with Crippen LogP contribution in [0.15, 0.2) is 24.3 Å². The summed E-state index contributed by atoms with van der Waals surface area (Å²) in [6.45, 7) is 1.60. The molecule has 0 saturated carbocycles. The summed E-state index contributed by atoms with van der Waals surface area (Å²) in [6, 6.07) is 7.31. The zero-order chi connectivity index (χ0) is 11.0. The fourth-order valence-electron chi connectivity index (χ4n) is 1.38. The summed E-state index contributed by atoms with van der Waals surface area (Å²) in [4.78, 5) is 22.9. The number of hydrogen-bond acceptors (Lipinski definition) is 2. The summed E-state index contributed by atoms with van der Waals surface area (Å²) in [5.41, 5.74) is 3.21. The van der Waals surface area contributed by atoms with Gasteiger partial charge in [0.15, 0.2) is 16.3 Å². The first-order valence-electron chi connectivity index (χ1n) is 4.59. The van der Waals surface area contributed by atoms with Crippen LogP contribution in [0.3, 0.4) is 0 Å². The van der Waals surface area contributed by atoms with Crippen molar-refractivity contribution < 1.29 is 9.59 Å². The maximum absolute atomic E-state index is 11.6. The number of nitrogens with one attached hydrogen (secondary N) is 1. The summed E-state index contributed by atoms with van der Waals surface area (Å²) in [7, 11) is 0. The van der Waals surface area contributed by atoms with Crippen molar-refractivity contribution in [2.24, 2.45) is 5.92 Å². The first kappa shape index (κ1) is 10.2. The summed E-state index contributed by atoms with van der Waals surface area (Å²) < 4.78 is 1.03. The van der Waals surface area contributed by atoms with Gasteiger partial charge in [-0.15, -0.1) is 4.43 Å². The van der Waals surface area contributed by atoms with E-state index in [0.717, 1.165) is 4.43 Å². The largest absolute Gasteiger partial charge is 0.272 e. The van der Waals surface area contributed by atoms with E-state index in [1.54, 1.807) is 19.1 Å². The number of benzene rings is 1. The predicted octanol–water partition coefficient (Wildman–Crippen LogP) is -0.506. The van der Waals surface area contributed by atoms with E-state index in [2.05, 4.69) is 21.7 Å². The summed E-state index contributed by atoms with van der Waals surface area (Å²) in [5, 5.41) is 1.29. The third kappa shape index (κ3) is 1.76. The lowest BCUT2D eigenvalue weighted by molar-refractivity contribution is -0.126. The summed E-state index contributed by atoms with van der Waals surface area (Å²) >= 11 is 2.56. The highest BCUT2D eigenvalue weighted by Crippen LogP contribution is 2.18. The Morgan fingerprint density at radius 1 is 1.27 bits per heavy atom. The molecule has 1 aliphatic rings. The Morgan fingerprint density at radius 2 is 1.87 bits per heavy atom. The summed E-state index contributed by atoms with van der Waals surface area (Å²) in [5.74, 6) is -1.06. The van der Waals surface area contributed by atoms with E-state index in [0.29, 0.717) is 5.69 Å². The molecule has 5 heteroatoms. The molecular formula is C10H9AlN2O2. The molecule has 0 aliphatic carbocycles. The molecule has 1 aromatic carbocycles. The standard InChI is InChI=1S/C10H9N2O2.Al/c1-7-9(13)11-12(10(7)14)8-5-3-2-4-6-8;/h3-7H,1H3,(H,11,13);. The van der Waals surface area contributed by atoms with Crippen molar-refractivity contribution in [3.05, 3.63) is 24.3 Å². The Kier molecular flexibility index (Phi) is 2.51. The lowest BCUT2D eigenvalue weighted by Gasteiger charge is -2.15. The molecule has 0 bridgehead atoms. The van der Waals surface area contributed by atoms with Crippen LogP contribution in [0.2, 0.25) is 0 Å². The Bertz CT molecular complexity index is 416. The molecule has 0 aromatic heterocycles. The van der Waals surface area contributed by atoms with Crippen LogP contribution in [-0.2, 0) is 9.59 Å². The zero-order valence-electron chi connectivity index (χ0n) is 8.23. The van der Waals surface area contributed by atoms with Gasteiger partial charge in [0.1, 0.15) is 5.92 Å². The van der Waals surface area contributed by atoms with Crippen LogP contribution in [0.4, 0.5) is 5.69 Å². The minimum absolute atomic E-state index is 0.212. The second kappa shape index (κ2) is 3.69. The van der Waals surface area contributed by atoms with Crippen LogP contribution >= 0.6 is 0 Å². The van der Waals surface area contributed by atoms with E-state index >= 15 is 0 Å². The lowest BCUT2D eigenvalue weighted by atomic mass is 10.2. The first-order chi connectivity index (χ1) is 7.09. The number of nitrogens with zero attached hydrogens (tertiary/aromatic N) is 1. The minimum atomic E-state index is -0.597.